The van der Waals surface area contributed by atoms with Crippen molar-refractivity contribution in [3.8, 4) is 0 Å². The number of hydrogen-bond donors (Lipinski definition) is 1. The molecule has 0 aromatic rings. The maximum Gasteiger partial charge on any atom is 0.0110 e. The van der Waals surface area contributed by atoms with Crippen molar-refractivity contribution in [2.24, 2.45) is 0 Å². The maximum absolute atomic E-state index is 4.38. The van der Waals surface area contributed by atoms with E-state index in [4.69, 9.17) is 0 Å². The minimum absolute atomic E-state index is 0.562. The highest BCUT2D eigenvalue weighted by Gasteiger charge is 2.12. The fourth-order valence-corrected chi connectivity index (χ4v) is 1.86. The molecule has 1 heterocycles. The van der Waals surface area contributed by atoms with Crippen molar-refractivity contribution < 1.29 is 0 Å². The van der Waals surface area contributed by atoms with Crippen molar-refractivity contribution >= 4 is 12.6 Å². The zero-order chi connectivity index (χ0) is 9.68. The normalized spacial score (nSPS) is 23.3. The topological polar surface area (TPSA) is 6.48 Å². The predicted octanol–water partition coefficient (Wildman–Crippen LogP) is 1.33. The van der Waals surface area contributed by atoms with E-state index in [1.54, 1.807) is 0 Å². The molecule has 0 aromatic heterocycles. The van der Waals surface area contributed by atoms with Crippen molar-refractivity contribution in [1.82, 2.24) is 9.80 Å². The average molecular weight is 202 g/mol. The SMILES string of the molecule is CC(S)CCCN1CCN(C)CC1. The minimum Gasteiger partial charge on any atom is -0.304 e. The van der Waals surface area contributed by atoms with Gasteiger partial charge in [0.2, 0.25) is 0 Å². The van der Waals surface area contributed by atoms with Crippen molar-refractivity contribution in [3.05, 3.63) is 0 Å². The summed E-state index contributed by atoms with van der Waals surface area (Å²) in [4.78, 5) is 4.97. The van der Waals surface area contributed by atoms with Crippen LogP contribution in [0.3, 0.4) is 0 Å². The molecule has 0 spiro atoms. The van der Waals surface area contributed by atoms with Crippen LogP contribution in [0, 0.1) is 0 Å². The van der Waals surface area contributed by atoms with E-state index in [9.17, 15) is 0 Å². The van der Waals surface area contributed by atoms with Gasteiger partial charge >= 0.3 is 0 Å². The molecule has 3 heteroatoms. The van der Waals surface area contributed by atoms with Crippen LogP contribution in [0.4, 0.5) is 0 Å². The zero-order valence-corrected chi connectivity index (χ0v) is 9.76. The smallest absolute Gasteiger partial charge is 0.0110 e. The largest absolute Gasteiger partial charge is 0.304 e. The van der Waals surface area contributed by atoms with Gasteiger partial charge in [0.1, 0.15) is 0 Å². The third kappa shape index (κ3) is 4.89. The van der Waals surface area contributed by atoms with Crippen LogP contribution in [0.15, 0.2) is 0 Å². The van der Waals surface area contributed by atoms with Gasteiger partial charge in [0, 0.05) is 26.2 Å². The lowest BCUT2D eigenvalue weighted by atomic mass is 10.2. The molecular weight excluding hydrogens is 180 g/mol. The number of hydrogen-bond acceptors (Lipinski definition) is 3. The van der Waals surface area contributed by atoms with Crippen LogP contribution < -0.4 is 0 Å². The summed E-state index contributed by atoms with van der Waals surface area (Å²) >= 11 is 4.38. The fourth-order valence-electron chi connectivity index (χ4n) is 1.68. The molecule has 2 nitrogen and oxygen atoms in total. The van der Waals surface area contributed by atoms with E-state index < -0.39 is 0 Å². The van der Waals surface area contributed by atoms with E-state index in [1.165, 1.54) is 45.6 Å². The Kier molecular flexibility index (Phi) is 5.14. The summed E-state index contributed by atoms with van der Waals surface area (Å²) in [5.74, 6) is 0. The van der Waals surface area contributed by atoms with Crippen molar-refractivity contribution in [2.75, 3.05) is 39.8 Å². The second-order valence-corrected chi connectivity index (χ2v) is 5.02. The lowest BCUT2D eigenvalue weighted by Gasteiger charge is -2.32. The third-order valence-electron chi connectivity index (χ3n) is 2.69. The molecule has 0 N–H and O–H groups in total. The molecule has 13 heavy (non-hydrogen) atoms. The summed E-state index contributed by atoms with van der Waals surface area (Å²) in [7, 11) is 2.20. The molecular formula is C10H22N2S. The molecule has 1 saturated heterocycles. The third-order valence-corrected chi connectivity index (χ3v) is 2.95. The quantitative estimate of drug-likeness (QED) is 0.687. The van der Waals surface area contributed by atoms with Crippen LogP contribution >= 0.6 is 12.6 Å². The van der Waals surface area contributed by atoms with E-state index in [1.807, 2.05) is 0 Å². The first-order chi connectivity index (χ1) is 6.18. The zero-order valence-electron chi connectivity index (χ0n) is 8.87. The monoisotopic (exact) mass is 202 g/mol. The Morgan fingerprint density at radius 2 is 1.85 bits per heavy atom. The first-order valence-corrected chi connectivity index (χ1v) is 5.79. The van der Waals surface area contributed by atoms with Gasteiger partial charge in [-0.25, -0.2) is 0 Å². The molecule has 0 radical (unpaired) electrons. The van der Waals surface area contributed by atoms with E-state index in [0.29, 0.717) is 5.25 Å². The van der Waals surface area contributed by atoms with Crippen molar-refractivity contribution in [2.45, 2.75) is 25.0 Å². The highest BCUT2D eigenvalue weighted by molar-refractivity contribution is 7.80. The first kappa shape index (κ1) is 11.3. The molecule has 1 fully saturated rings. The molecule has 1 atom stereocenters. The van der Waals surface area contributed by atoms with Crippen LogP contribution in [0.25, 0.3) is 0 Å². The Bertz CT molecular complexity index is 131. The van der Waals surface area contributed by atoms with Crippen molar-refractivity contribution in [3.63, 3.8) is 0 Å². The fraction of sp³-hybridized carbons (Fsp3) is 1.00. The van der Waals surface area contributed by atoms with Crippen LogP contribution in [-0.4, -0.2) is 54.8 Å². The number of nitrogens with zero attached hydrogens (tertiary/aromatic N) is 2. The van der Waals surface area contributed by atoms with E-state index in [2.05, 4.69) is 36.4 Å². The van der Waals surface area contributed by atoms with Gasteiger partial charge in [-0.15, -0.1) is 0 Å². The summed E-state index contributed by atoms with van der Waals surface area (Å²) in [5, 5.41) is 0.562. The number of likely N-dealkylation sites (N-methyl/N-ethyl adjacent to an activating group) is 1. The average Bonchev–Trinajstić information content (AvgIpc) is 2.08. The molecule has 0 aromatic carbocycles. The number of piperazine rings is 1. The van der Waals surface area contributed by atoms with Gasteiger partial charge in [-0.1, -0.05) is 6.92 Å². The van der Waals surface area contributed by atoms with Gasteiger partial charge in [0.15, 0.2) is 0 Å². The van der Waals surface area contributed by atoms with Crippen LogP contribution in [0.2, 0.25) is 0 Å². The Morgan fingerprint density at radius 3 is 2.38 bits per heavy atom. The molecule has 0 amide bonds. The maximum atomic E-state index is 4.38. The summed E-state index contributed by atoms with van der Waals surface area (Å²) in [6.07, 6.45) is 2.55. The van der Waals surface area contributed by atoms with Crippen LogP contribution in [0.5, 0.6) is 0 Å². The molecule has 1 aliphatic heterocycles. The number of rotatable bonds is 4. The lowest BCUT2D eigenvalue weighted by Crippen LogP contribution is -2.44. The van der Waals surface area contributed by atoms with Gasteiger partial charge in [-0.05, 0) is 31.7 Å². The molecule has 78 valence electrons. The standard InChI is InChI=1S/C10H22N2S/c1-10(13)4-3-5-12-8-6-11(2)7-9-12/h10,13H,3-9H2,1-2H3. The van der Waals surface area contributed by atoms with Gasteiger partial charge in [0.25, 0.3) is 0 Å². The molecule has 0 bridgehead atoms. The molecule has 0 aliphatic carbocycles. The summed E-state index contributed by atoms with van der Waals surface area (Å²) in [6.45, 7) is 8.40. The van der Waals surface area contributed by atoms with Crippen LogP contribution in [-0.2, 0) is 0 Å². The Morgan fingerprint density at radius 1 is 1.23 bits per heavy atom. The summed E-state index contributed by atoms with van der Waals surface area (Å²) in [5.41, 5.74) is 0. The molecule has 1 rings (SSSR count). The Balaban J connectivity index is 2.02. The van der Waals surface area contributed by atoms with E-state index in [-0.39, 0.29) is 0 Å². The Labute approximate surface area is 87.7 Å². The summed E-state index contributed by atoms with van der Waals surface area (Å²) in [6, 6.07) is 0. The van der Waals surface area contributed by atoms with Gasteiger partial charge in [-0.3, -0.25) is 0 Å². The first-order valence-electron chi connectivity index (χ1n) is 5.27. The summed E-state index contributed by atoms with van der Waals surface area (Å²) < 4.78 is 0. The van der Waals surface area contributed by atoms with Crippen molar-refractivity contribution in [1.29, 1.82) is 0 Å². The second kappa shape index (κ2) is 5.89. The van der Waals surface area contributed by atoms with E-state index >= 15 is 0 Å². The number of thiol groups is 1. The molecule has 1 unspecified atom stereocenters. The lowest BCUT2D eigenvalue weighted by molar-refractivity contribution is 0.152. The highest BCUT2D eigenvalue weighted by atomic mass is 32.1. The van der Waals surface area contributed by atoms with Gasteiger partial charge < -0.3 is 9.80 Å². The Hall–Kier alpha value is 0.270. The highest BCUT2D eigenvalue weighted by Crippen LogP contribution is 2.06. The van der Waals surface area contributed by atoms with Crippen LogP contribution in [0.1, 0.15) is 19.8 Å². The van der Waals surface area contributed by atoms with Gasteiger partial charge in [0.05, 0.1) is 0 Å². The predicted molar refractivity (Wildman–Crippen MR) is 61.6 cm³/mol. The van der Waals surface area contributed by atoms with Gasteiger partial charge in [-0.2, -0.15) is 12.6 Å². The molecule has 0 saturated carbocycles. The minimum atomic E-state index is 0.562. The second-order valence-electron chi connectivity index (χ2n) is 4.14. The molecule has 1 aliphatic rings. The van der Waals surface area contributed by atoms with E-state index in [0.717, 1.165) is 0 Å².